The number of hydrogen-bond acceptors (Lipinski definition) is 5. The molecule has 88 valence electrons. The minimum Gasteiger partial charge on any atom is -0.467 e. The second kappa shape index (κ2) is 7.19. The van der Waals surface area contributed by atoms with Crippen LogP contribution >= 0.6 is 0 Å². The minimum atomic E-state index is -0.656. The molecule has 15 heavy (non-hydrogen) atoms. The number of methoxy groups -OCH3 is 1. The van der Waals surface area contributed by atoms with Gasteiger partial charge in [-0.05, 0) is 26.3 Å². The summed E-state index contributed by atoms with van der Waals surface area (Å²) in [6.07, 6.45) is 1.10. The number of carbonyl (C=O) groups excluding carboxylic acids is 2. The van der Waals surface area contributed by atoms with Gasteiger partial charge in [0, 0.05) is 0 Å². The van der Waals surface area contributed by atoms with Crippen molar-refractivity contribution in [1.82, 2.24) is 5.32 Å². The zero-order chi connectivity index (χ0) is 11.8. The van der Waals surface area contributed by atoms with Crippen molar-refractivity contribution in [3.05, 3.63) is 0 Å². The highest BCUT2D eigenvalue weighted by Gasteiger charge is 2.21. The maximum Gasteiger partial charge on any atom is 0.328 e. The Morgan fingerprint density at radius 3 is 2.47 bits per heavy atom. The Hall–Kier alpha value is -1.14. The molecule has 5 N–H and O–H groups in total. The molecule has 6 nitrogen and oxygen atoms in total. The van der Waals surface area contributed by atoms with Crippen LogP contribution in [0.5, 0.6) is 0 Å². The summed E-state index contributed by atoms with van der Waals surface area (Å²) in [6.45, 7) is 2.01. The van der Waals surface area contributed by atoms with E-state index in [4.69, 9.17) is 11.5 Å². The van der Waals surface area contributed by atoms with Crippen LogP contribution in [0.15, 0.2) is 0 Å². The third-order valence-corrected chi connectivity index (χ3v) is 1.91. The summed E-state index contributed by atoms with van der Waals surface area (Å²) < 4.78 is 4.55. The highest BCUT2D eigenvalue weighted by molar-refractivity contribution is 5.87. The zero-order valence-corrected chi connectivity index (χ0v) is 9.16. The van der Waals surface area contributed by atoms with Crippen molar-refractivity contribution in [1.29, 1.82) is 0 Å². The molecule has 0 bridgehead atoms. The first-order chi connectivity index (χ1) is 7.02. The molecule has 0 unspecified atom stereocenters. The highest BCUT2D eigenvalue weighted by atomic mass is 16.5. The summed E-state index contributed by atoms with van der Waals surface area (Å²) in [5.74, 6) is -0.847. The SMILES string of the molecule is COC(=O)[C@@H](CCCN)NC(=O)[C@@H](C)N. The van der Waals surface area contributed by atoms with Crippen LogP contribution in [0.1, 0.15) is 19.8 Å². The van der Waals surface area contributed by atoms with Crippen molar-refractivity contribution in [2.24, 2.45) is 11.5 Å². The fourth-order valence-electron chi connectivity index (χ4n) is 1.02. The van der Waals surface area contributed by atoms with Crippen LogP contribution in [0.25, 0.3) is 0 Å². The fraction of sp³-hybridized carbons (Fsp3) is 0.778. The van der Waals surface area contributed by atoms with Gasteiger partial charge in [0.2, 0.25) is 5.91 Å². The molecule has 0 aliphatic rings. The molecule has 0 heterocycles. The molecule has 0 aliphatic carbocycles. The molecule has 1 amide bonds. The third kappa shape index (κ3) is 5.34. The van der Waals surface area contributed by atoms with Crippen LogP contribution in [0.4, 0.5) is 0 Å². The van der Waals surface area contributed by atoms with E-state index >= 15 is 0 Å². The molecule has 0 aromatic heterocycles. The first-order valence-corrected chi connectivity index (χ1v) is 4.86. The predicted molar refractivity (Wildman–Crippen MR) is 55.9 cm³/mol. The normalized spacial score (nSPS) is 14.1. The van der Waals surface area contributed by atoms with E-state index in [1.165, 1.54) is 7.11 Å². The lowest BCUT2D eigenvalue weighted by molar-refractivity contribution is -0.145. The van der Waals surface area contributed by atoms with Crippen LogP contribution in [0.2, 0.25) is 0 Å². The van der Waals surface area contributed by atoms with Crippen LogP contribution in [0, 0.1) is 0 Å². The molecular weight excluding hydrogens is 198 g/mol. The van der Waals surface area contributed by atoms with E-state index in [9.17, 15) is 9.59 Å². The zero-order valence-electron chi connectivity index (χ0n) is 9.16. The van der Waals surface area contributed by atoms with Crippen molar-refractivity contribution < 1.29 is 14.3 Å². The molecule has 0 aromatic carbocycles. The topological polar surface area (TPSA) is 107 Å². The Bertz CT molecular complexity index is 219. The first kappa shape index (κ1) is 13.9. The number of carbonyl (C=O) groups is 2. The van der Waals surface area contributed by atoms with Gasteiger partial charge < -0.3 is 21.5 Å². The summed E-state index contributed by atoms with van der Waals surface area (Å²) >= 11 is 0. The van der Waals surface area contributed by atoms with E-state index in [1.807, 2.05) is 0 Å². The van der Waals surface area contributed by atoms with E-state index in [2.05, 4.69) is 10.1 Å². The molecule has 0 aliphatic heterocycles. The number of nitrogens with two attached hydrogens (primary N) is 2. The van der Waals surface area contributed by atoms with Crippen molar-refractivity contribution in [2.45, 2.75) is 31.8 Å². The summed E-state index contributed by atoms with van der Waals surface area (Å²) in [6, 6.07) is -1.30. The standard InChI is InChI=1S/C9H19N3O3/c1-6(11)8(13)12-7(4-3-5-10)9(14)15-2/h6-7H,3-5,10-11H2,1-2H3,(H,12,13)/t6-,7-/m1/s1. The molecule has 0 fully saturated rings. The molecule has 0 saturated carbocycles. The Kier molecular flexibility index (Phi) is 6.64. The van der Waals surface area contributed by atoms with Gasteiger partial charge in [-0.25, -0.2) is 4.79 Å². The highest BCUT2D eigenvalue weighted by Crippen LogP contribution is 1.99. The minimum absolute atomic E-state index is 0.373. The Morgan fingerprint density at radius 2 is 2.07 bits per heavy atom. The van der Waals surface area contributed by atoms with E-state index in [1.54, 1.807) is 6.92 Å². The molecule has 0 aromatic rings. The maximum absolute atomic E-state index is 11.3. The molecule has 6 heteroatoms. The summed E-state index contributed by atoms with van der Waals surface area (Å²) in [4.78, 5) is 22.5. The monoisotopic (exact) mass is 217 g/mol. The molecule has 0 spiro atoms. The molecule has 2 atom stereocenters. The van der Waals surface area contributed by atoms with Gasteiger partial charge in [-0.2, -0.15) is 0 Å². The Morgan fingerprint density at radius 1 is 1.47 bits per heavy atom. The van der Waals surface area contributed by atoms with Crippen LogP contribution in [0.3, 0.4) is 0 Å². The molecule has 0 rings (SSSR count). The number of ether oxygens (including phenoxy) is 1. The Labute approximate surface area is 89.3 Å². The van der Waals surface area contributed by atoms with E-state index < -0.39 is 18.1 Å². The predicted octanol–water partition coefficient (Wildman–Crippen LogP) is -1.27. The second-order valence-corrected chi connectivity index (χ2v) is 3.30. The van der Waals surface area contributed by atoms with Crippen LogP contribution < -0.4 is 16.8 Å². The Balaban J connectivity index is 4.23. The van der Waals surface area contributed by atoms with Crippen molar-refractivity contribution >= 4 is 11.9 Å². The van der Waals surface area contributed by atoms with Crippen molar-refractivity contribution in [3.63, 3.8) is 0 Å². The van der Waals surface area contributed by atoms with Gasteiger partial charge in [0.25, 0.3) is 0 Å². The van der Waals surface area contributed by atoms with Crippen molar-refractivity contribution in [3.8, 4) is 0 Å². The average Bonchev–Trinajstić information content (AvgIpc) is 2.22. The van der Waals surface area contributed by atoms with Crippen LogP contribution in [-0.4, -0.2) is 37.6 Å². The van der Waals surface area contributed by atoms with Gasteiger partial charge in [-0.1, -0.05) is 0 Å². The van der Waals surface area contributed by atoms with E-state index in [0.29, 0.717) is 19.4 Å². The lowest BCUT2D eigenvalue weighted by Crippen LogP contribution is -2.47. The van der Waals surface area contributed by atoms with Gasteiger partial charge in [0.05, 0.1) is 13.2 Å². The smallest absolute Gasteiger partial charge is 0.328 e. The van der Waals surface area contributed by atoms with Gasteiger partial charge in [-0.15, -0.1) is 0 Å². The van der Waals surface area contributed by atoms with Crippen molar-refractivity contribution in [2.75, 3.05) is 13.7 Å². The van der Waals surface area contributed by atoms with E-state index in [-0.39, 0.29) is 5.91 Å². The molecule has 0 radical (unpaired) electrons. The quantitative estimate of drug-likeness (QED) is 0.481. The molecule has 0 saturated heterocycles. The number of amides is 1. The van der Waals surface area contributed by atoms with Gasteiger partial charge in [0.15, 0.2) is 0 Å². The van der Waals surface area contributed by atoms with Gasteiger partial charge >= 0.3 is 5.97 Å². The van der Waals surface area contributed by atoms with E-state index in [0.717, 1.165) is 0 Å². The van der Waals surface area contributed by atoms with Gasteiger partial charge in [-0.3, -0.25) is 4.79 Å². The lowest BCUT2D eigenvalue weighted by Gasteiger charge is -2.17. The summed E-state index contributed by atoms with van der Waals surface area (Å²) in [5, 5.41) is 2.51. The van der Waals surface area contributed by atoms with Crippen LogP contribution in [-0.2, 0) is 14.3 Å². The number of esters is 1. The lowest BCUT2D eigenvalue weighted by atomic mass is 10.1. The fourth-order valence-corrected chi connectivity index (χ4v) is 1.02. The molecular formula is C9H19N3O3. The number of rotatable bonds is 6. The first-order valence-electron chi connectivity index (χ1n) is 4.86. The number of nitrogens with one attached hydrogen (secondary N) is 1. The summed E-state index contributed by atoms with van der Waals surface area (Å²) in [5.41, 5.74) is 10.7. The average molecular weight is 217 g/mol. The third-order valence-electron chi connectivity index (χ3n) is 1.91. The summed E-state index contributed by atoms with van der Waals surface area (Å²) in [7, 11) is 1.27. The number of hydrogen-bond donors (Lipinski definition) is 3. The largest absolute Gasteiger partial charge is 0.467 e. The van der Waals surface area contributed by atoms with Gasteiger partial charge in [0.1, 0.15) is 6.04 Å². The maximum atomic E-state index is 11.3. The second-order valence-electron chi connectivity index (χ2n) is 3.30.